The summed E-state index contributed by atoms with van der Waals surface area (Å²) in [5.74, 6) is 0. The summed E-state index contributed by atoms with van der Waals surface area (Å²) >= 11 is 3.09. The number of thioether (sulfide) groups is 2. The van der Waals surface area contributed by atoms with Crippen LogP contribution in [0.3, 0.4) is 0 Å². The van der Waals surface area contributed by atoms with E-state index < -0.39 is 6.09 Å². The van der Waals surface area contributed by atoms with Gasteiger partial charge in [-0.25, -0.2) is 4.79 Å². The first-order chi connectivity index (χ1) is 7.85. The summed E-state index contributed by atoms with van der Waals surface area (Å²) in [5.41, 5.74) is 0. The van der Waals surface area contributed by atoms with Crippen molar-refractivity contribution in [1.29, 1.82) is 0 Å². The van der Waals surface area contributed by atoms with Crippen LogP contribution in [0, 0.1) is 0 Å². The van der Waals surface area contributed by atoms with Crippen molar-refractivity contribution in [3.05, 3.63) is 0 Å². The molecule has 0 unspecified atom stereocenters. The first-order valence-electron chi connectivity index (χ1n) is 5.27. The molecule has 0 saturated carbocycles. The van der Waals surface area contributed by atoms with Crippen LogP contribution in [0.15, 0.2) is 10.1 Å². The molecule has 96 valence electrons. The normalized spacial score (nSPS) is 23.4. The summed E-state index contributed by atoms with van der Waals surface area (Å²) in [6.45, 7) is 8.10. The Balaban J connectivity index is 2.77. The van der Waals surface area contributed by atoms with Crippen LogP contribution in [-0.4, -0.2) is 33.3 Å². The molecule has 0 aromatic carbocycles. The Labute approximate surface area is 110 Å². The predicted octanol–water partition coefficient (Wildman–Crippen LogP) is 2.68. The minimum absolute atomic E-state index is 0.202. The lowest BCUT2D eigenvalue weighted by atomic mass is 10.2. The summed E-state index contributed by atoms with van der Waals surface area (Å²) in [5, 5.41) is 6.97. The second-order valence-electron chi connectivity index (χ2n) is 4.23. The Hall–Kier alpha value is -0.690. The Morgan fingerprint density at radius 1 is 1.47 bits per heavy atom. The average molecular weight is 275 g/mol. The molecule has 0 radical (unpaired) electrons. The van der Waals surface area contributed by atoms with E-state index in [1.165, 1.54) is 18.8 Å². The van der Waals surface area contributed by atoms with Gasteiger partial charge in [-0.15, -0.1) is 0 Å². The molecule has 1 amide bonds. The fourth-order valence-corrected chi connectivity index (χ4v) is 3.86. The molecule has 1 aliphatic heterocycles. The Morgan fingerprint density at radius 2 is 2.12 bits per heavy atom. The van der Waals surface area contributed by atoms with Crippen LogP contribution in [0.4, 0.5) is 4.79 Å². The molecule has 0 aromatic rings. The number of hydrogen-bond donors (Lipinski definition) is 1. The summed E-state index contributed by atoms with van der Waals surface area (Å²) in [7, 11) is 1.50. The maximum atomic E-state index is 11.0. The maximum Gasteiger partial charge on any atom is 0.433 e. The van der Waals surface area contributed by atoms with Gasteiger partial charge in [-0.1, -0.05) is 16.9 Å². The van der Waals surface area contributed by atoms with Gasteiger partial charge in [0.05, 0.1) is 4.75 Å². The van der Waals surface area contributed by atoms with E-state index in [9.17, 15) is 4.79 Å². The van der Waals surface area contributed by atoms with Gasteiger partial charge in [0, 0.05) is 13.1 Å². The molecule has 1 aliphatic rings. The zero-order chi connectivity index (χ0) is 13.1. The minimum Gasteiger partial charge on any atom is -0.323 e. The van der Waals surface area contributed by atoms with Crippen LogP contribution in [-0.2, 0) is 4.84 Å². The number of carbonyl (C=O) groups is 1. The van der Waals surface area contributed by atoms with Crippen molar-refractivity contribution < 1.29 is 9.63 Å². The smallest absolute Gasteiger partial charge is 0.323 e. The molecular weight excluding hydrogens is 258 g/mol. The Bertz CT molecular complexity index is 365. The lowest BCUT2D eigenvalue weighted by molar-refractivity contribution is 0.153. The van der Waals surface area contributed by atoms with Crippen molar-refractivity contribution in [2.75, 3.05) is 7.05 Å². The van der Waals surface area contributed by atoms with Crippen LogP contribution < -0.4 is 5.32 Å². The van der Waals surface area contributed by atoms with Gasteiger partial charge >= 0.3 is 6.09 Å². The molecule has 1 N–H and O–H groups in total. The predicted molar refractivity (Wildman–Crippen MR) is 74.8 cm³/mol. The zero-order valence-electron chi connectivity index (χ0n) is 10.6. The topological polar surface area (TPSA) is 63.0 Å². The molecule has 0 aliphatic carbocycles. The lowest BCUT2D eigenvalue weighted by Gasteiger charge is -2.13. The highest BCUT2D eigenvalue weighted by molar-refractivity contribution is 8.50. The number of nitrogens with one attached hydrogen (secondary N) is 1. The van der Waals surface area contributed by atoms with E-state index in [1.54, 1.807) is 11.8 Å². The molecule has 1 fully saturated rings. The standard InChI is InChI=1S/C10H17N3O2S2/c1-6(2)12-9-16-7(10(3,4)17-9)13-15-8(14)11-5/h6H,1-5H3,(H,11,14)/b12-9?,13-7+. The third-order valence-electron chi connectivity index (χ3n) is 1.82. The van der Waals surface area contributed by atoms with Crippen molar-refractivity contribution in [3.8, 4) is 0 Å². The Morgan fingerprint density at radius 3 is 2.65 bits per heavy atom. The number of hydrogen-bond acceptors (Lipinski definition) is 6. The van der Waals surface area contributed by atoms with E-state index in [0.717, 1.165) is 9.42 Å². The van der Waals surface area contributed by atoms with E-state index in [2.05, 4.69) is 15.5 Å². The van der Waals surface area contributed by atoms with E-state index in [4.69, 9.17) is 4.84 Å². The number of carbonyl (C=O) groups excluding carboxylic acids is 1. The van der Waals surface area contributed by atoms with Crippen molar-refractivity contribution in [2.45, 2.75) is 38.5 Å². The average Bonchev–Trinajstić information content (AvgIpc) is 2.48. The number of oxime groups is 1. The van der Waals surface area contributed by atoms with E-state index in [1.807, 2.05) is 27.7 Å². The third-order valence-corrected chi connectivity index (χ3v) is 4.49. The van der Waals surface area contributed by atoms with Crippen LogP contribution in [0.2, 0.25) is 0 Å². The Kier molecular flexibility index (Phi) is 4.88. The van der Waals surface area contributed by atoms with Crippen LogP contribution in [0.5, 0.6) is 0 Å². The molecule has 0 bridgehead atoms. The van der Waals surface area contributed by atoms with Crippen molar-refractivity contribution in [1.82, 2.24) is 5.32 Å². The van der Waals surface area contributed by atoms with Crippen molar-refractivity contribution in [2.24, 2.45) is 10.1 Å². The second-order valence-corrected chi connectivity index (χ2v) is 7.08. The molecule has 0 aromatic heterocycles. The largest absolute Gasteiger partial charge is 0.433 e. The highest BCUT2D eigenvalue weighted by Crippen LogP contribution is 2.44. The lowest BCUT2D eigenvalue weighted by Crippen LogP contribution is -2.23. The van der Waals surface area contributed by atoms with Gasteiger partial charge in [-0.2, -0.15) is 0 Å². The second kappa shape index (κ2) is 5.77. The highest BCUT2D eigenvalue weighted by atomic mass is 32.2. The molecule has 1 saturated heterocycles. The summed E-state index contributed by atoms with van der Waals surface area (Å²) in [6, 6.07) is 0.250. The van der Waals surface area contributed by atoms with Gasteiger partial charge < -0.3 is 5.32 Å². The fraction of sp³-hybridized carbons (Fsp3) is 0.700. The molecule has 0 spiro atoms. The van der Waals surface area contributed by atoms with Crippen LogP contribution in [0.1, 0.15) is 27.7 Å². The van der Waals surface area contributed by atoms with E-state index in [-0.39, 0.29) is 10.8 Å². The van der Waals surface area contributed by atoms with Crippen molar-refractivity contribution >= 4 is 39.0 Å². The van der Waals surface area contributed by atoms with Gasteiger partial charge in [0.25, 0.3) is 0 Å². The van der Waals surface area contributed by atoms with Gasteiger partial charge in [-0.3, -0.25) is 9.83 Å². The van der Waals surface area contributed by atoms with Gasteiger partial charge in [0.1, 0.15) is 9.42 Å². The molecule has 1 rings (SSSR count). The molecule has 1 heterocycles. The quantitative estimate of drug-likeness (QED) is 0.621. The summed E-state index contributed by atoms with van der Waals surface area (Å²) < 4.78 is 0.760. The van der Waals surface area contributed by atoms with Gasteiger partial charge in [0.2, 0.25) is 0 Å². The molecular formula is C10H17N3O2S2. The monoisotopic (exact) mass is 275 g/mol. The summed E-state index contributed by atoms with van der Waals surface area (Å²) in [4.78, 5) is 20.1. The first-order valence-corrected chi connectivity index (χ1v) is 6.90. The third kappa shape index (κ3) is 4.23. The highest BCUT2D eigenvalue weighted by Gasteiger charge is 2.38. The van der Waals surface area contributed by atoms with Crippen molar-refractivity contribution in [3.63, 3.8) is 0 Å². The first kappa shape index (κ1) is 14.4. The number of nitrogens with zero attached hydrogens (tertiary/aromatic N) is 2. The van der Waals surface area contributed by atoms with E-state index >= 15 is 0 Å². The zero-order valence-corrected chi connectivity index (χ0v) is 12.2. The molecule has 7 heteroatoms. The SMILES string of the molecule is CNC(=O)O/N=C1/SC(=NC(C)C)SC1(C)C. The number of amides is 1. The number of aliphatic imine (C=N–C) groups is 1. The molecule has 5 nitrogen and oxygen atoms in total. The van der Waals surface area contributed by atoms with Gasteiger partial charge in [-0.05, 0) is 39.5 Å². The van der Waals surface area contributed by atoms with Crippen LogP contribution >= 0.6 is 23.5 Å². The molecule has 0 atom stereocenters. The van der Waals surface area contributed by atoms with Crippen LogP contribution in [0.25, 0.3) is 0 Å². The molecule has 17 heavy (non-hydrogen) atoms. The maximum absolute atomic E-state index is 11.0. The minimum atomic E-state index is -0.562. The van der Waals surface area contributed by atoms with Gasteiger partial charge in [0.15, 0.2) is 0 Å². The number of rotatable bonds is 2. The fourth-order valence-electron chi connectivity index (χ4n) is 1.01. The summed E-state index contributed by atoms with van der Waals surface area (Å²) in [6.07, 6.45) is -0.562. The van der Waals surface area contributed by atoms with E-state index in [0.29, 0.717) is 0 Å².